The molecule has 1 aliphatic heterocycles. The number of hydrogen-bond donors (Lipinski definition) is 1. The summed E-state index contributed by atoms with van der Waals surface area (Å²) < 4.78 is 23.2. The molecule has 0 radical (unpaired) electrons. The van der Waals surface area contributed by atoms with E-state index in [1.165, 1.54) is 0 Å². The number of urea groups is 1. The normalized spacial score (nSPS) is 22.1. The van der Waals surface area contributed by atoms with Crippen LogP contribution in [0.2, 0.25) is 5.02 Å². The number of nitrogens with zero attached hydrogens (tertiary/aromatic N) is 1. The molecule has 0 spiro atoms. The first-order valence-corrected chi connectivity index (χ1v) is 9.55. The molecule has 0 bridgehead atoms. The Hall–Kier alpha value is -1.27. The maximum absolute atomic E-state index is 12.4. The summed E-state index contributed by atoms with van der Waals surface area (Å²) in [4.78, 5) is 14.0. The average Bonchev–Trinajstić information content (AvgIpc) is 2.43. The molecule has 2 amide bonds. The molecule has 2 rings (SSSR count). The van der Waals surface area contributed by atoms with Gasteiger partial charge in [0.15, 0.2) is 9.84 Å². The molecule has 5 nitrogen and oxygen atoms in total. The van der Waals surface area contributed by atoms with Crippen molar-refractivity contribution in [2.24, 2.45) is 0 Å². The van der Waals surface area contributed by atoms with Gasteiger partial charge in [-0.05, 0) is 31.0 Å². The van der Waals surface area contributed by atoms with E-state index >= 15 is 0 Å². The van der Waals surface area contributed by atoms with Crippen molar-refractivity contribution in [1.82, 2.24) is 10.2 Å². The highest BCUT2D eigenvalue weighted by Crippen LogP contribution is 2.21. The second-order valence-electron chi connectivity index (χ2n) is 5.62. The van der Waals surface area contributed by atoms with E-state index in [1.807, 2.05) is 25.1 Å². The van der Waals surface area contributed by atoms with Gasteiger partial charge in [0.2, 0.25) is 0 Å². The SMILES string of the molecule is CC[C@H](NC(=O)N1CCS(=O)(=O)C[C@H]1C)c1cccc(Cl)c1. The molecular weight excluding hydrogens is 324 g/mol. The lowest BCUT2D eigenvalue weighted by Crippen LogP contribution is -2.53. The first-order chi connectivity index (χ1) is 10.3. The average molecular weight is 345 g/mol. The van der Waals surface area contributed by atoms with Gasteiger partial charge in [0.05, 0.1) is 17.5 Å². The van der Waals surface area contributed by atoms with Crippen LogP contribution in [-0.2, 0) is 9.84 Å². The van der Waals surface area contributed by atoms with E-state index in [0.717, 1.165) is 12.0 Å². The molecular formula is C15H21ClN2O3S. The molecule has 22 heavy (non-hydrogen) atoms. The van der Waals surface area contributed by atoms with Crippen molar-refractivity contribution in [1.29, 1.82) is 0 Å². The van der Waals surface area contributed by atoms with Gasteiger partial charge in [0.25, 0.3) is 0 Å². The number of carbonyl (C=O) groups is 1. The number of sulfone groups is 1. The molecule has 0 saturated carbocycles. The zero-order valence-electron chi connectivity index (χ0n) is 12.8. The first kappa shape index (κ1) is 17.1. The van der Waals surface area contributed by atoms with Gasteiger partial charge < -0.3 is 10.2 Å². The van der Waals surface area contributed by atoms with Gasteiger partial charge >= 0.3 is 6.03 Å². The van der Waals surface area contributed by atoms with Crippen molar-refractivity contribution in [3.8, 4) is 0 Å². The molecule has 122 valence electrons. The Morgan fingerprint density at radius 2 is 2.23 bits per heavy atom. The minimum absolute atomic E-state index is 0.0222. The summed E-state index contributed by atoms with van der Waals surface area (Å²) in [6.07, 6.45) is 0.729. The quantitative estimate of drug-likeness (QED) is 0.916. The number of carbonyl (C=O) groups excluding carboxylic acids is 1. The topological polar surface area (TPSA) is 66.5 Å². The largest absolute Gasteiger partial charge is 0.331 e. The Morgan fingerprint density at radius 3 is 2.82 bits per heavy atom. The predicted octanol–water partition coefficient (Wildman–Crippen LogP) is 2.62. The summed E-state index contributed by atoms with van der Waals surface area (Å²) in [5.41, 5.74) is 0.945. The summed E-state index contributed by atoms with van der Waals surface area (Å²) in [6.45, 7) is 3.98. The number of nitrogens with one attached hydrogen (secondary N) is 1. The molecule has 2 atom stereocenters. The number of benzene rings is 1. The summed E-state index contributed by atoms with van der Waals surface area (Å²) in [5, 5.41) is 3.60. The summed E-state index contributed by atoms with van der Waals surface area (Å²) in [7, 11) is -3.03. The van der Waals surface area contributed by atoms with Crippen LogP contribution in [-0.4, -0.2) is 43.4 Å². The second kappa shape index (κ2) is 6.87. The zero-order valence-corrected chi connectivity index (χ0v) is 14.3. The summed E-state index contributed by atoms with van der Waals surface area (Å²) in [6, 6.07) is 6.71. The van der Waals surface area contributed by atoms with E-state index in [-0.39, 0.29) is 36.2 Å². The smallest absolute Gasteiger partial charge is 0.318 e. The molecule has 0 unspecified atom stereocenters. The third kappa shape index (κ3) is 4.14. The Balaban J connectivity index is 2.07. The molecule has 1 fully saturated rings. The van der Waals surface area contributed by atoms with Gasteiger partial charge in [0, 0.05) is 17.6 Å². The van der Waals surface area contributed by atoms with Crippen LogP contribution in [0.5, 0.6) is 0 Å². The van der Waals surface area contributed by atoms with Crippen LogP contribution in [0.4, 0.5) is 4.79 Å². The van der Waals surface area contributed by atoms with Crippen molar-refractivity contribution in [2.75, 3.05) is 18.1 Å². The van der Waals surface area contributed by atoms with E-state index in [9.17, 15) is 13.2 Å². The number of halogens is 1. The highest BCUT2D eigenvalue weighted by molar-refractivity contribution is 7.91. The van der Waals surface area contributed by atoms with Crippen molar-refractivity contribution < 1.29 is 13.2 Å². The van der Waals surface area contributed by atoms with Crippen LogP contribution in [0.25, 0.3) is 0 Å². The molecule has 0 aliphatic carbocycles. The molecule has 1 aromatic rings. The van der Waals surface area contributed by atoms with Gasteiger partial charge in [-0.3, -0.25) is 0 Å². The standard InChI is InChI=1S/C15H21ClN2O3S/c1-3-14(12-5-4-6-13(16)9-12)17-15(19)18-7-8-22(20,21)10-11(18)2/h4-6,9,11,14H,3,7-8,10H2,1-2H3,(H,17,19)/t11-,14+/m1/s1. The van der Waals surface area contributed by atoms with Crippen molar-refractivity contribution >= 4 is 27.5 Å². The highest BCUT2D eigenvalue weighted by atomic mass is 35.5. The Kier molecular flexibility index (Phi) is 5.34. The lowest BCUT2D eigenvalue weighted by atomic mass is 10.0. The Bertz CT molecular complexity index is 648. The van der Waals surface area contributed by atoms with E-state index in [0.29, 0.717) is 5.02 Å². The molecule has 1 aliphatic rings. The third-order valence-electron chi connectivity index (χ3n) is 3.89. The Labute approximate surface area is 136 Å². The lowest BCUT2D eigenvalue weighted by molar-refractivity contribution is 0.180. The summed E-state index contributed by atoms with van der Waals surface area (Å²) in [5.74, 6) is 0.0487. The number of rotatable bonds is 3. The Morgan fingerprint density at radius 1 is 1.50 bits per heavy atom. The molecule has 7 heteroatoms. The lowest BCUT2D eigenvalue weighted by Gasteiger charge is -2.34. The third-order valence-corrected chi connectivity index (χ3v) is 5.92. The molecule has 1 heterocycles. The number of amides is 2. The molecule has 0 aromatic heterocycles. The summed E-state index contributed by atoms with van der Waals surface area (Å²) >= 11 is 6.00. The van der Waals surface area contributed by atoms with Crippen molar-refractivity contribution in [3.05, 3.63) is 34.9 Å². The first-order valence-electron chi connectivity index (χ1n) is 7.35. The second-order valence-corrected chi connectivity index (χ2v) is 8.29. The molecule has 1 saturated heterocycles. The van der Waals surface area contributed by atoms with E-state index < -0.39 is 9.84 Å². The van der Waals surface area contributed by atoms with Crippen molar-refractivity contribution in [2.45, 2.75) is 32.4 Å². The zero-order chi connectivity index (χ0) is 16.3. The molecule has 1 aromatic carbocycles. The fraction of sp³-hybridized carbons (Fsp3) is 0.533. The van der Waals surface area contributed by atoms with Crippen LogP contribution in [0.1, 0.15) is 31.9 Å². The van der Waals surface area contributed by atoms with Gasteiger partial charge in [-0.15, -0.1) is 0 Å². The van der Waals surface area contributed by atoms with E-state index in [4.69, 9.17) is 11.6 Å². The number of hydrogen-bond acceptors (Lipinski definition) is 3. The monoisotopic (exact) mass is 344 g/mol. The predicted molar refractivity (Wildman–Crippen MR) is 87.8 cm³/mol. The minimum Gasteiger partial charge on any atom is -0.331 e. The fourth-order valence-corrected chi connectivity index (χ4v) is 4.43. The van der Waals surface area contributed by atoms with Crippen LogP contribution >= 0.6 is 11.6 Å². The maximum atomic E-state index is 12.4. The van der Waals surface area contributed by atoms with Crippen LogP contribution < -0.4 is 5.32 Å². The van der Waals surface area contributed by atoms with Gasteiger partial charge in [-0.2, -0.15) is 0 Å². The van der Waals surface area contributed by atoms with Crippen LogP contribution in [0.15, 0.2) is 24.3 Å². The van der Waals surface area contributed by atoms with E-state index in [1.54, 1.807) is 17.9 Å². The van der Waals surface area contributed by atoms with Crippen LogP contribution in [0, 0.1) is 0 Å². The fourth-order valence-electron chi connectivity index (χ4n) is 2.68. The van der Waals surface area contributed by atoms with Gasteiger partial charge in [0.1, 0.15) is 0 Å². The molecule has 1 N–H and O–H groups in total. The van der Waals surface area contributed by atoms with E-state index in [2.05, 4.69) is 5.32 Å². The maximum Gasteiger partial charge on any atom is 0.318 e. The van der Waals surface area contributed by atoms with Gasteiger partial charge in [-0.1, -0.05) is 30.7 Å². The minimum atomic E-state index is -3.03. The van der Waals surface area contributed by atoms with Crippen LogP contribution in [0.3, 0.4) is 0 Å². The highest BCUT2D eigenvalue weighted by Gasteiger charge is 2.31. The van der Waals surface area contributed by atoms with Gasteiger partial charge in [-0.25, -0.2) is 13.2 Å². The van der Waals surface area contributed by atoms with Crippen molar-refractivity contribution in [3.63, 3.8) is 0 Å².